The van der Waals surface area contributed by atoms with Crippen LogP contribution < -0.4 is 0 Å². The van der Waals surface area contributed by atoms with Gasteiger partial charge in [0, 0.05) is 57.4 Å². The Labute approximate surface area is 336 Å². The van der Waals surface area contributed by atoms with E-state index in [4.69, 9.17) is 9.97 Å². The Morgan fingerprint density at radius 3 is 1.83 bits per heavy atom. The molecule has 0 aliphatic carbocycles. The summed E-state index contributed by atoms with van der Waals surface area (Å²) >= 11 is 3.68. The van der Waals surface area contributed by atoms with E-state index < -0.39 is 0 Å². The van der Waals surface area contributed by atoms with Crippen molar-refractivity contribution in [2.75, 3.05) is 0 Å². The SMILES string of the molecule is c1ccc2c(c1)sc1c(-c3ccc4c5ccccc5c5ccccc5c4c3)nc(-n3c4ccc5sc6ccc7c8ccccc8n8c9cccc3c9c4c5c6c78)nc12. The normalized spacial score (nSPS) is 12.8. The summed E-state index contributed by atoms with van der Waals surface area (Å²) in [6, 6.07) is 58.1. The van der Waals surface area contributed by atoms with Crippen molar-refractivity contribution in [1.29, 1.82) is 0 Å². The lowest BCUT2D eigenvalue weighted by Crippen LogP contribution is -2.03. The number of aromatic nitrogens is 4. The fourth-order valence-corrected chi connectivity index (χ4v) is 12.8. The molecule has 0 radical (unpaired) electrons. The van der Waals surface area contributed by atoms with Crippen LogP contribution >= 0.6 is 22.7 Å². The van der Waals surface area contributed by atoms with Crippen molar-refractivity contribution in [3.63, 3.8) is 0 Å². The minimum Gasteiger partial charge on any atom is -0.308 e. The molecular weight excluding hydrogens is 745 g/mol. The van der Waals surface area contributed by atoms with Gasteiger partial charge >= 0.3 is 0 Å². The van der Waals surface area contributed by atoms with Gasteiger partial charge in [-0.3, -0.25) is 4.57 Å². The van der Waals surface area contributed by atoms with E-state index in [2.05, 4.69) is 167 Å². The van der Waals surface area contributed by atoms with E-state index in [1.54, 1.807) is 11.3 Å². The summed E-state index contributed by atoms with van der Waals surface area (Å²) in [5.74, 6) is 0.689. The van der Waals surface area contributed by atoms with Gasteiger partial charge in [-0.05, 0) is 80.8 Å². The quantitative estimate of drug-likeness (QED) is 0.164. The number of hydrogen-bond acceptors (Lipinski definition) is 4. The lowest BCUT2D eigenvalue weighted by Gasteiger charge is -2.13. The minimum absolute atomic E-state index is 0.689. The molecule has 15 rings (SSSR count). The number of nitrogens with zero attached hydrogens (tertiary/aromatic N) is 4. The predicted octanol–water partition coefficient (Wildman–Crippen LogP) is 14.9. The first-order valence-electron chi connectivity index (χ1n) is 19.7. The minimum atomic E-state index is 0.689. The average Bonchev–Trinajstić information content (AvgIpc) is 4.01. The number of thiophene rings is 2. The van der Waals surface area contributed by atoms with E-state index in [1.165, 1.54) is 95.3 Å². The molecule has 6 heteroatoms. The zero-order valence-corrected chi connectivity index (χ0v) is 32.2. The molecule has 266 valence electrons. The molecule has 0 aliphatic heterocycles. The lowest BCUT2D eigenvalue weighted by atomic mass is 9.93. The smallest absolute Gasteiger partial charge is 0.235 e. The molecule has 0 fully saturated rings. The van der Waals surface area contributed by atoms with Crippen LogP contribution in [0.15, 0.2) is 158 Å². The van der Waals surface area contributed by atoms with Gasteiger partial charge in [-0.2, -0.15) is 0 Å². The van der Waals surface area contributed by atoms with Crippen molar-refractivity contribution >= 4 is 145 Å². The maximum Gasteiger partial charge on any atom is 0.235 e. The van der Waals surface area contributed by atoms with Crippen LogP contribution in [0.2, 0.25) is 0 Å². The molecule has 6 aromatic heterocycles. The summed E-state index contributed by atoms with van der Waals surface area (Å²) in [5, 5.41) is 16.5. The number of para-hydroxylation sites is 1. The standard InChI is InChI=1S/C52H26N4S2/c1-2-12-30-28(10-1)29-11-3-4-13-31(29)36-26-27(20-21-32(30)36)48-51-49(35-15-6-8-19-41(35)58-51)54-52(53-48)56-39-18-9-17-38-44(39)45-40(56)23-25-42-46(45)47-43(57-42)24-22-34-33-14-5-7-16-37(33)55(38)50(34)47/h1-26H. The van der Waals surface area contributed by atoms with Gasteiger partial charge in [0.1, 0.15) is 0 Å². The topological polar surface area (TPSA) is 35.1 Å². The molecule has 58 heavy (non-hydrogen) atoms. The molecule has 0 aliphatic rings. The fraction of sp³-hybridized carbons (Fsp3) is 0. The molecular formula is C52H26N4S2. The highest BCUT2D eigenvalue weighted by Crippen LogP contribution is 2.50. The Kier molecular flexibility index (Phi) is 5.41. The Morgan fingerprint density at radius 1 is 0.379 bits per heavy atom. The van der Waals surface area contributed by atoms with Crippen molar-refractivity contribution in [3.8, 4) is 17.2 Å². The van der Waals surface area contributed by atoms with Gasteiger partial charge in [-0.1, -0.05) is 109 Å². The Hall–Kier alpha value is -7.12. The summed E-state index contributed by atoms with van der Waals surface area (Å²) in [6.45, 7) is 0. The van der Waals surface area contributed by atoms with Gasteiger partial charge in [0.25, 0.3) is 0 Å². The van der Waals surface area contributed by atoms with Crippen molar-refractivity contribution in [2.24, 2.45) is 0 Å². The predicted molar refractivity (Wildman–Crippen MR) is 248 cm³/mol. The van der Waals surface area contributed by atoms with Crippen LogP contribution in [0, 0.1) is 0 Å². The number of fused-ring (bicyclic) bond motifs is 13. The molecule has 0 N–H and O–H groups in total. The second-order valence-corrected chi connectivity index (χ2v) is 17.8. The van der Waals surface area contributed by atoms with Crippen LogP contribution in [0.3, 0.4) is 0 Å². The van der Waals surface area contributed by atoms with E-state index in [0.29, 0.717) is 5.95 Å². The number of benzene rings is 9. The van der Waals surface area contributed by atoms with Crippen molar-refractivity contribution in [3.05, 3.63) is 158 Å². The molecule has 6 heterocycles. The molecule has 0 unspecified atom stereocenters. The highest BCUT2D eigenvalue weighted by atomic mass is 32.1. The van der Waals surface area contributed by atoms with E-state index in [-0.39, 0.29) is 0 Å². The third kappa shape index (κ3) is 3.54. The van der Waals surface area contributed by atoms with Gasteiger partial charge in [-0.15, -0.1) is 22.7 Å². The Morgan fingerprint density at radius 2 is 1.00 bits per heavy atom. The molecule has 0 spiro atoms. The second-order valence-electron chi connectivity index (χ2n) is 15.6. The molecule has 0 amide bonds. The second kappa shape index (κ2) is 10.4. The summed E-state index contributed by atoms with van der Waals surface area (Å²) in [4.78, 5) is 11.2. The van der Waals surface area contributed by atoms with Crippen molar-refractivity contribution < 1.29 is 0 Å². The molecule has 0 saturated heterocycles. The summed E-state index contributed by atoms with van der Waals surface area (Å²) < 4.78 is 9.80. The van der Waals surface area contributed by atoms with Crippen LogP contribution in [-0.2, 0) is 0 Å². The van der Waals surface area contributed by atoms with E-state index in [9.17, 15) is 0 Å². The number of rotatable bonds is 2. The molecule has 0 saturated carbocycles. The molecule has 4 nitrogen and oxygen atoms in total. The monoisotopic (exact) mass is 770 g/mol. The average molecular weight is 771 g/mol. The van der Waals surface area contributed by atoms with Crippen LogP contribution in [0.1, 0.15) is 0 Å². The first-order valence-corrected chi connectivity index (χ1v) is 21.3. The van der Waals surface area contributed by atoms with Gasteiger partial charge < -0.3 is 4.40 Å². The lowest BCUT2D eigenvalue weighted by molar-refractivity contribution is 1.02. The Balaban J connectivity index is 1.11. The van der Waals surface area contributed by atoms with Crippen molar-refractivity contribution in [2.45, 2.75) is 0 Å². The summed E-state index contributed by atoms with van der Waals surface area (Å²) in [5.41, 5.74) is 9.01. The van der Waals surface area contributed by atoms with Crippen LogP contribution in [0.25, 0.3) is 139 Å². The summed E-state index contributed by atoms with van der Waals surface area (Å²) in [7, 11) is 0. The van der Waals surface area contributed by atoms with Gasteiger partial charge in [0.05, 0.1) is 43.5 Å². The van der Waals surface area contributed by atoms with Crippen LogP contribution in [-0.4, -0.2) is 18.9 Å². The van der Waals surface area contributed by atoms with Crippen LogP contribution in [0.4, 0.5) is 0 Å². The third-order valence-electron chi connectivity index (χ3n) is 12.8. The molecule has 0 atom stereocenters. The van der Waals surface area contributed by atoms with Crippen molar-refractivity contribution in [1.82, 2.24) is 18.9 Å². The zero-order valence-electron chi connectivity index (χ0n) is 30.6. The first-order chi connectivity index (χ1) is 28.8. The van der Waals surface area contributed by atoms with E-state index in [1.807, 2.05) is 11.3 Å². The highest BCUT2D eigenvalue weighted by molar-refractivity contribution is 7.26. The first kappa shape index (κ1) is 30.1. The molecule has 15 aromatic rings. The van der Waals surface area contributed by atoms with Gasteiger partial charge in [0.15, 0.2) is 0 Å². The highest BCUT2D eigenvalue weighted by Gasteiger charge is 2.27. The molecule has 0 bridgehead atoms. The van der Waals surface area contributed by atoms with E-state index in [0.717, 1.165) is 37.9 Å². The summed E-state index contributed by atoms with van der Waals surface area (Å²) in [6.07, 6.45) is 0. The maximum atomic E-state index is 5.67. The fourth-order valence-electron chi connectivity index (χ4n) is 10.5. The molecule has 9 aromatic carbocycles. The largest absolute Gasteiger partial charge is 0.308 e. The maximum absolute atomic E-state index is 5.67. The van der Waals surface area contributed by atoms with Gasteiger partial charge in [-0.25, -0.2) is 9.97 Å². The Bertz CT molecular complexity index is 4240. The van der Waals surface area contributed by atoms with Gasteiger partial charge in [0.2, 0.25) is 5.95 Å². The zero-order chi connectivity index (χ0) is 37.4. The number of hydrogen-bond donors (Lipinski definition) is 0. The van der Waals surface area contributed by atoms with Crippen LogP contribution in [0.5, 0.6) is 0 Å². The third-order valence-corrected chi connectivity index (χ3v) is 15.1. The van der Waals surface area contributed by atoms with E-state index >= 15 is 0 Å².